The number of fused-ring (bicyclic) bond motifs is 1. The maximum Gasteiger partial charge on any atom is 0.222 e. The van der Waals surface area contributed by atoms with Crippen molar-refractivity contribution in [1.82, 2.24) is 5.32 Å². The molecule has 3 heteroatoms. The number of amides is 1. The van der Waals surface area contributed by atoms with Crippen LogP contribution in [0.25, 0.3) is 0 Å². The molecule has 19 heavy (non-hydrogen) atoms. The van der Waals surface area contributed by atoms with Gasteiger partial charge >= 0.3 is 0 Å². The minimum absolute atomic E-state index is 0.135. The first-order valence-corrected chi connectivity index (χ1v) is 7.09. The number of carbonyl (C=O) groups excluding carboxylic acids is 1. The normalized spacial score (nSPS) is 15.0. The Morgan fingerprint density at radius 2 is 2.05 bits per heavy atom. The molecule has 1 amide bonds. The largest absolute Gasteiger partial charge is 0.371 e. The van der Waals surface area contributed by atoms with Crippen molar-refractivity contribution in [1.29, 1.82) is 0 Å². The molecule has 0 unspecified atom stereocenters. The van der Waals surface area contributed by atoms with Crippen LogP contribution >= 0.6 is 0 Å². The molecule has 1 heterocycles. The Kier molecular flexibility index (Phi) is 4.13. The molecule has 1 aromatic rings. The van der Waals surface area contributed by atoms with E-state index in [-0.39, 0.29) is 11.4 Å². The van der Waals surface area contributed by atoms with Crippen molar-refractivity contribution in [3.05, 3.63) is 29.8 Å². The van der Waals surface area contributed by atoms with E-state index in [4.69, 9.17) is 0 Å². The van der Waals surface area contributed by atoms with Gasteiger partial charge in [0, 0.05) is 30.7 Å². The van der Waals surface area contributed by atoms with Crippen LogP contribution in [-0.2, 0) is 11.2 Å². The molecule has 0 saturated carbocycles. The number of nitrogens with zero attached hydrogens (tertiary/aromatic N) is 1. The van der Waals surface area contributed by atoms with Gasteiger partial charge in [-0.3, -0.25) is 4.79 Å². The van der Waals surface area contributed by atoms with Gasteiger partial charge in [-0.1, -0.05) is 18.2 Å². The number of rotatable bonds is 3. The quantitative estimate of drug-likeness (QED) is 0.906. The number of carbonyl (C=O) groups is 1. The summed E-state index contributed by atoms with van der Waals surface area (Å²) in [5, 5.41) is 3.02. The number of anilines is 1. The van der Waals surface area contributed by atoms with Crippen LogP contribution in [0.2, 0.25) is 0 Å². The highest BCUT2D eigenvalue weighted by atomic mass is 16.1. The highest BCUT2D eigenvalue weighted by Gasteiger charge is 2.18. The lowest BCUT2D eigenvalue weighted by Crippen LogP contribution is -2.42. The lowest BCUT2D eigenvalue weighted by atomic mass is 10.0. The average molecular weight is 260 g/mol. The summed E-state index contributed by atoms with van der Waals surface area (Å²) >= 11 is 0. The molecule has 3 nitrogen and oxygen atoms in total. The number of benzene rings is 1. The van der Waals surface area contributed by atoms with Gasteiger partial charge in [0.1, 0.15) is 0 Å². The minimum Gasteiger partial charge on any atom is -0.371 e. The van der Waals surface area contributed by atoms with Gasteiger partial charge in [0.15, 0.2) is 0 Å². The van der Waals surface area contributed by atoms with Crippen LogP contribution in [0.4, 0.5) is 5.69 Å². The summed E-state index contributed by atoms with van der Waals surface area (Å²) in [4.78, 5) is 14.2. The Balaban J connectivity index is 1.93. The summed E-state index contributed by atoms with van der Waals surface area (Å²) < 4.78 is 0. The van der Waals surface area contributed by atoms with Crippen molar-refractivity contribution in [2.75, 3.05) is 18.0 Å². The van der Waals surface area contributed by atoms with Crippen molar-refractivity contribution >= 4 is 11.6 Å². The molecule has 0 aliphatic carbocycles. The fraction of sp³-hybridized carbons (Fsp3) is 0.562. The van der Waals surface area contributed by atoms with Gasteiger partial charge in [0.05, 0.1) is 0 Å². The van der Waals surface area contributed by atoms with Crippen molar-refractivity contribution in [2.45, 2.75) is 45.6 Å². The van der Waals surface area contributed by atoms with Crippen LogP contribution in [-0.4, -0.2) is 24.5 Å². The van der Waals surface area contributed by atoms with Crippen LogP contribution in [0.5, 0.6) is 0 Å². The maximum absolute atomic E-state index is 11.9. The van der Waals surface area contributed by atoms with E-state index in [1.165, 1.54) is 17.7 Å². The molecule has 1 N–H and O–H groups in total. The van der Waals surface area contributed by atoms with Crippen LogP contribution in [0.3, 0.4) is 0 Å². The van der Waals surface area contributed by atoms with Gasteiger partial charge in [-0.15, -0.1) is 0 Å². The number of aryl methyl sites for hydroxylation is 1. The summed E-state index contributed by atoms with van der Waals surface area (Å²) in [5.74, 6) is 0.135. The van der Waals surface area contributed by atoms with E-state index in [9.17, 15) is 4.79 Å². The molecule has 1 aliphatic rings. The molecule has 0 bridgehead atoms. The van der Waals surface area contributed by atoms with E-state index in [0.717, 1.165) is 19.5 Å². The zero-order chi connectivity index (χ0) is 13.9. The Bertz CT molecular complexity index is 448. The third-order valence-electron chi connectivity index (χ3n) is 3.33. The molecule has 0 radical (unpaired) electrons. The number of hydrogen-bond acceptors (Lipinski definition) is 2. The van der Waals surface area contributed by atoms with Crippen LogP contribution in [0.1, 0.15) is 39.2 Å². The fourth-order valence-electron chi connectivity index (χ4n) is 2.56. The molecular formula is C16H24N2O. The van der Waals surface area contributed by atoms with Gasteiger partial charge in [0.25, 0.3) is 0 Å². The number of para-hydroxylation sites is 1. The van der Waals surface area contributed by atoms with Gasteiger partial charge in [-0.25, -0.2) is 0 Å². The van der Waals surface area contributed by atoms with Gasteiger partial charge in [-0.2, -0.15) is 0 Å². The van der Waals surface area contributed by atoms with Crippen LogP contribution in [0.15, 0.2) is 24.3 Å². The monoisotopic (exact) mass is 260 g/mol. The summed E-state index contributed by atoms with van der Waals surface area (Å²) in [7, 11) is 0. The second-order valence-corrected chi connectivity index (χ2v) is 6.27. The van der Waals surface area contributed by atoms with E-state index in [1.807, 2.05) is 20.8 Å². The Morgan fingerprint density at radius 3 is 2.79 bits per heavy atom. The van der Waals surface area contributed by atoms with Gasteiger partial charge < -0.3 is 10.2 Å². The lowest BCUT2D eigenvalue weighted by molar-refractivity contribution is -0.122. The second kappa shape index (κ2) is 5.64. The second-order valence-electron chi connectivity index (χ2n) is 6.27. The van der Waals surface area contributed by atoms with E-state index < -0.39 is 0 Å². The third-order valence-corrected chi connectivity index (χ3v) is 3.33. The van der Waals surface area contributed by atoms with Gasteiger partial charge in [-0.05, 0) is 45.2 Å². The van der Waals surface area contributed by atoms with Crippen LogP contribution < -0.4 is 10.2 Å². The smallest absolute Gasteiger partial charge is 0.222 e. The van der Waals surface area contributed by atoms with Crippen LogP contribution in [0, 0.1) is 0 Å². The number of hydrogen-bond donors (Lipinski definition) is 1. The minimum atomic E-state index is -0.142. The fourth-order valence-corrected chi connectivity index (χ4v) is 2.56. The average Bonchev–Trinajstić information content (AvgIpc) is 2.34. The van der Waals surface area contributed by atoms with Crippen molar-refractivity contribution in [3.63, 3.8) is 0 Å². The van der Waals surface area contributed by atoms with Crippen molar-refractivity contribution in [2.24, 2.45) is 0 Å². The lowest BCUT2D eigenvalue weighted by Gasteiger charge is -2.31. The Hall–Kier alpha value is -1.51. The molecule has 1 aromatic carbocycles. The van der Waals surface area contributed by atoms with Crippen molar-refractivity contribution in [3.8, 4) is 0 Å². The molecule has 0 atom stereocenters. The summed E-state index contributed by atoms with van der Waals surface area (Å²) in [6.07, 6.45) is 2.89. The molecular weight excluding hydrogens is 236 g/mol. The third kappa shape index (κ3) is 3.98. The SMILES string of the molecule is CC(C)(C)NC(=O)CCN1CCCc2ccccc21. The Morgan fingerprint density at radius 1 is 1.32 bits per heavy atom. The predicted octanol–water partition coefficient (Wildman–Crippen LogP) is 2.74. The van der Waals surface area contributed by atoms with E-state index >= 15 is 0 Å². The summed E-state index contributed by atoms with van der Waals surface area (Å²) in [6, 6.07) is 8.52. The molecule has 0 fully saturated rings. The first-order chi connectivity index (χ1) is 8.96. The first-order valence-electron chi connectivity index (χ1n) is 7.09. The standard InChI is InChI=1S/C16H24N2O/c1-16(2,3)17-15(19)10-12-18-11-6-8-13-7-4-5-9-14(13)18/h4-5,7,9H,6,8,10-12H2,1-3H3,(H,17,19). The zero-order valence-electron chi connectivity index (χ0n) is 12.2. The zero-order valence-corrected chi connectivity index (χ0v) is 12.2. The molecule has 1 aliphatic heterocycles. The van der Waals surface area contributed by atoms with E-state index in [2.05, 4.69) is 34.5 Å². The van der Waals surface area contributed by atoms with E-state index in [0.29, 0.717) is 6.42 Å². The molecule has 2 rings (SSSR count). The van der Waals surface area contributed by atoms with Crippen molar-refractivity contribution < 1.29 is 4.79 Å². The maximum atomic E-state index is 11.9. The summed E-state index contributed by atoms with van der Waals surface area (Å²) in [6.45, 7) is 7.90. The highest BCUT2D eigenvalue weighted by molar-refractivity contribution is 5.77. The first kappa shape index (κ1) is 13.9. The summed E-state index contributed by atoms with van der Waals surface area (Å²) in [5.41, 5.74) is 2.57. The predicted molar refractivity (Wildman–Crippen MR) is 79.5 cm³/mol. The molecule has 0 spiro atoms. The number of nitrogens with one attached hydrogen (secondary N) is 1. The highest BCUT2D eigenvalue weighted by Crippen LogP contribution is 2.26. The molecule has 104 valence electrons. The molecule has 0 saturated heterocycles. The van der Waals surface area contributed by atoms with Gasteiger partial charge in [0.2, 0.25) is 5.91 Å². The Labute approximate surface area is 116 Å². The topological polar surface area (TPSA) is 32.3 Å². The molecule has 0 aromatic heterocycles. The van der Waals surface area contributed by atoms with E-state index in [1.54, 1.807) is 0 Å².